The first-order chi connectivity index (χ1) is 15.0. The van der Waals surface area contributed by atoms with Gasteiger partial charge >= 0.3 is 6.03 Å². The predicted octanol–water partition coefficient (Wildman–Crippen LogP) is 4.03. The van der Waals surface area contributed by atoms with Crippen LogP contribution in [0.1, 0.15) is 21.2 Å². The minimum Gasteiger partial charge on any atom is -0.484 e. The molecule has 1 aromatic heterocycles. The van der Waals surface area contributed by atoms with Crippen LogP contribution in [0.25, 0.3) is 0 Å². The molecule has 0 aliphatic carbocycles. The lowest BCUT2D eigenvalue weighted by molar-refractivity contribution is -0.121. The third-order valence-corrected chi connectivity index (χ3v) is 5.72. The van der Waals surface area contributed by atoms with E-state index in [1.807, 2.05) is 0 Å². The summed E-state index contributed by atoms with van der Waals surface area (Å²) in [7, 11) is 0. The Morgan fingerprint density at radius 3 is 2.55 bits per heavy atom. The number of anilines is 1. The number of carbonyl (C=O) groups is 4. The lowest BCUT2D eigenvalue weighted by Gasteiger charge is -2.16. The molecule has 0 fully saturated rings. The number of carbonyl (C=O) groups excluding carboxylic acids is 4. The van der Waals surface area contributed by atoms with Crippen molar-refractivity contribution in [2.24, 2.45) is 0 Å². The van der Waals surface area contributed by atoms with Gasteiger partial charge in [-0.25, -0.2) is 9.69 Å². The van der Waals surface area contributed by atoms with Crippen LogP contribution in [-0.2, 0) is 9.59 Å². The summed E-state index contributed by atoms with van der Waals surface area (Å²) in [6.45, 7) is -0.414. The number of nitrogens with zero attached hydrogens (tertiary/aromatic N) is 1. The van der Waals surface area contributed by atoms with Gasteiger partial charge in [-0.05, 0) is 47.3 Å². The zero-order valence-electron chi connectivity index (χ0n) is 15.9. The fourth-order valence-electron chi connectivity index (χ4n) is 3.24. The molecule has 1 N–H and O–H groups in total. The number of halogens is 1. The van der Waals surface area contributed by atoms with Gasteiger partial charge in [-0.15, -0.1) is 11.3 Å². The molecule has 31 heavy (non-hydrogen) atoms. The molecular weight excluding hydrogens is 440 g/mol. The van der Waals surface area contributed by atoms with E-state index in [1.54, 1.807) is 47.8 Å². The van der Waals surface area contributed by atoms with Crippen molar-refractivity contribution in [2.75, 3.05) is 11.5 Å². The Balaban J connectivity index is 1.54. The summed E-state index contributed by atoms with van der Waals surface area (Å²) in [5.74, 6) is -2.66. The second-order valence-corrected chi connectivity index (χ2v) is 7.99. The zero-order valence-corrected chi connectivity index (χ0v) is 17.5. The molecule has 3 aromatic rings. The third kappa shape index (κ3) is 4.21. The van der Waals surface area contributed by atoms with Crippen molar-refractivity contribution in [3.05, 3.63) is 81.5 Å². The van der Waals surface area contributed by atoms with E-state index in [0.717, 1.165) is 4.90 Å². The van der Waals surface area contributed by atoms with Gasteiger partial charge in [-0.1, -0.05) is 35.9 Å². The highest BCUT2D eigenvalue weighted by Gasteiger charge is 2.45. The molecule has 1 aliphatic rings. The standard InChI is InChI=1S/C22H15ClN2O5S/c23-13-8-9-16-15(11-13)19(20(27)17-7-4-10-31-17)21(28)25(16)22(29)24-18(26)12-30-14-5-2-1-3-6-14/h1-11,19H,12H2,(H,24,26,29). The van der Waals surface area contributed by atoms with E-state index in [9.17, 15) is 19.2 Å². The number of hydrogen-bond acceptors (Lipinski definition) is 6. The van der Waals surface area contributed by atoms with E-state index < -0.39 is 36.2 Å². The van der Waals surface area contributed by atoms with E-state index in [2.05, 4.69) is 5.32 Å². The molecule has 0 spiro atoms. The van der Waals surface area contributed by atoms with Gasteiger partial charge in [0.2, 0.25) is 0 Å². The Hall–Kier alpha value is -3.49. The number of nitrogens with one attached hydrogen (secondary N) is 1. The molecule has 0 saturated carbocycles. The number of urea groups is 1. The fourth-order valence-corrected chi connectivity index (χ4v) is 4.12. The molecule has 9 heteroatoms. The van der Waals surface area contributed by atoms with Crippen LogP contribution >= 0.6 is 22.9 Å². The van der Waals surface area contributed by atoms with Crippen molar-refractivity contribution in [1.29, 1.82) is 0 Å². The van der Waals surface area contributed by atoms with Crippen LogP contribution in [0.2, 0.25) is 5.02 Å². The first kappa shape index (κ1) is 20.8. The highest BCUT2D eigenvalue weighted by atomic mass is 35.5. The van der Waals surface area contributed by atoms with Crippen LogP contribution in [0.15, 0.2) is 66.0 Å². The van der Waals surface area contributed by atoms with Crippen LogP contribution in [0, 0.1) is 0 Å². The maximum absolute atomic E-state index is 13.1. The molecule has 0 saturated heterocycles. The van der Waals surface area contributed by atoms with Crippen LogP contribution in [0.4, 0.5) is 10.5 Å². The third-order valence-electron chi connectivity index (χ3n) is 4.60. The van der Waals surface area contributed by atoms with Crippen LogP contribution < -0.4 is 15.0 Å². The van der Waals surface area contributed by atoms with E-state index in [1.165, 1.54) is 29.5 Å². The van der Waals surface area contributed by atoms with Gasteiger partial charge in [0.15, 0.2) is 12.4 Å². The Morgan fingerprint density at radius 2 is 1.84 bits per heavy atom. The molecule has 156 valence electrons. The van der Waals surface area contributed by atoms with Crippen molar-refractivity contribution in [3.8, 4) is 5.75 Å². The van der Waals surface area contributed by atoms with E-state index >= 15 is 0 Å². The fraction of sp³-hybridized carbons (Fsp3) is 0.0909. The summed E-state index contributed by atoms with van der Waals surface area (Å²) < 4.78 is 5.31. The number of benzene rings is 2. The first-order valence-corrected chi connectivity index (χ1v) is 10.4. The monoisotopic (exact) mass is 454 g/mol. The number of fused-ring (bicyclic) bond motifs is 1. The molecule has 7 nitrogen and oxygen atoms in total. The van der Waals surface area contributed by atoms with Gasteiger partial charge in [0, 0.05) is 5.02 Å². The molecule has 4 rings (SSSR count). The summed E-state index contributed by atoms with van der Waals surface area (Å²) in [5.41, 5.74) is 0.526. The number of hydrogen-bond donors (Lipinski definition) is 1. The van der Waals surface area contributed by atoms with Crippen molar-refractivity contribution in [1.82, 2.24) is 5.32 Å². The van der Waals surface area contributed by atoms with E-state index in [4.69, 9.17) is 16.3 Å². The number of imide groups is 2. The van der Waals surface area contributed by atoms with E-state index in [-0.39, 0.29) is 5.69 Å². The maximum atomic E-state index is 13.1. The topological polar surface area (TPSA) is 92.8 Å². The second kappa shape index (κ2) is 8.71. The van der Waals surface area contributed by atoms with Gasteiger partial charge in [0.05, 0.1) is 10.6 Å². The summed E-state index contributed by atoms with van der Waals surface area (Å²) in [5, 5.41) is 4.18. The molecular formula is C22H15ClN2O5S. The molecule has 1 aliphatic heterocycles. The number of Topliss-reactive ketones (excluding diaryl/α,β-unsaturated/α-hetero) is 1. The quantitative estimate of drug-likeness (QED) is 0.464. The largest absolute Gasteiger partial charge is 0.484 e. The normalized spacial score (nSPS) is 14.8. The molecule has 2 heterocycles. The summed E-state index contributed by atoms with van der Waals surface area (Å²) >= 11 is 7.27. The maximum Gasteiger partial charge on any atom is 0.335 e. The molecule has 2 aromatic carbocycles. The number of rotatable bonds is 5. The molecule has 0 radical (unpaired) electrons. The van der Waals surface area contributed by atoms with Crippen molar-refractivity contribution in [3.63, 3.8) is 0 Å². The lowest BCUT2D eigenvalue weighted by Crippen LogP contribution is -2.47. The molecule has 1 atom stereocenters. The van der Waals surface area contributed by atoms with E-state index in [0.29, 0.717) is 21.2 Å². The average Bonchev–Trinajstić information content (AvgIpc) is 3.38. The Bertz CT molecular complexity index is 1160. The lowest BCUT2D eigenvalue weighted by atomic mass is 9.95. The average molecular weight is 455 g/mol. The zero-order chi connectivity index (χ0) is 22.0. The predicted molar refractivity (Wildman–Crippen MR) is 116 cm³/mol. The number of amides is 4. The second-order valence-electron chi connectivity index (χ2n) is 6.61. The van der Waals surface area contributed by atoms with Gasteiger partial charge in [-0.2, -0.15) is 0 Å². The Kier molecular flexibility index (Phi) is 5.83. The summed E-state index contributed by atoms with van der Waals surface area (Å²) in [4.78, 5) is 52.1. The Labute approximate surface area is 186 Å². The minimum atomic E-state index is -1.21. The highest BCUT2D eigenvalue weighted by Crippen LogP contribution is 2.41. The van der Waals surface area contributed by atoms with Crippen LogP contribution in [0.3, 0.4) is 0 Å². The summed E-state index contributed by atoms with van der Waals surface area (Å²) in [6.07, 6.45) is 0. The van der Waals surface area contributed by atoms with Crippen molar-refractivity contribution >= 4 is 52.3 Å². The first-order valence-electron chi connectivity index (χ1n) is 9.18. The van der Waals surface area contributed by atoms with Gasteiger partial charge < -0.3 is 4.74 Å². The SMILES string of the molecule is O=C(COc1ccccc1)NC(=O)N1C(=O)C(C(=O)c2cccs2)c2cc(Cl)ccc21. The number of para-hydroxylation sites is 1. The Morgan fingerprint density at radius 1 is 1.06 bits per heavy atom. The van der Waals surface area contributed by atoms with Crippen LogP contribution in [-0.4, -0.2) is 30.2 Å². The molecule has 0 bridgehead atoms. The minimum absolute atomic E-state index is 0.207. The summed E-state index contributed by atoms with van der Waals surface area (Å²) in [6, 6.07) is 15.4. The van der Waals surface area contributed by atoms with Crippen LogP contribution in [0.5, 0.6) is 5.75 Å². The molecule has 1 unspecified atom stereocenters. The van der Waals surface area contributed by atoms with Gasteiger partial charge in [-0.3, -0.25) is 19.7 Å². The van der Waals surface area contributed by atoms with Crippen molar-refractivity contribution in [2.45, 2.75) is 5.92 Å². The van der Waals surface area contributed by atoms with Gasteiger partial charge in [0.1, 0.15) is 11.7 Å². The number of ketones is 1. The molecule has 4 amide bonds. The number of thiophene rings is 1. The van der Waals surface area contributed by atoms with Crippen molar-refractivity contribution < 1.29 is 23.9 Å². The smallest absolute Gasteiger partial charge is 0.335 e. The number of ether oxygens (including phenoxy) is 1. The highest BCUT2D eigenvalue weighted by molar-refractivity contribution is 7.12. The van der Waals surface area contributed by atoms with Gasteiger partial charge in [0.25, 0.3) is 11.8 Å².